The van der Waals surface area contributed by atoms with Gasteiger partial charge in [-0.15, -0.1) is 5.92 Å². The second-order valence-electron chi connectivity index (χ2n) is 8.46. The van der Waals surface area contributed by atoms with Crippen molar-refractivity contribution in [1.29, 1.82) is 0 Å². The minimum absolute atomic E-state index is 0.429. The second-order valence-corrected chi connectivity index (χ2v) is 8.46. The van der Waals surface area contributed by atoms with Crippen LogP contribution in [0.1, 0.15) is 75.5 Å². The van der Waals surface area contributed by atoms with E-state index in [1.165, 1.54) is 43.2 Å². The van der Waals surface area contributed by atoms with Crippen molar-refractivity contribution in [2.24, 2.45) is 17.3 Å². The fraction of sp³-hybridized carbons (Fsp3) is 0.542. The Balaban J connectivity index is 1.73. The lowest BCUT2D eigenvalue weighted by atomic mass is 9.55. The van der Waals surface area contributed by atoms with E-state index in [1.807, 2.05) is 6.92 Å². The van der Waals surface area contributed by atoms with Gasteiger partial charge in [0.2, 0.25) is 6.41 Å². The van der Waals surface area contributed by atoms with Crippen LogP contribution in [0.25, 0.3) is 0 Å². The third-order valence-corrected chi connectivity index (χ3v) is 7.53. The molecule has 3 unspecified atom stereocenters. The number of fused-ring (bicyclic) bond motifs is 5. The highest BCUT2D eigenvalue weighted by molar-refractivity contribution is 5.77. The smallest absolute Gasteiger partial charge is 0.211 e. The topological polar surface area (TPSA) is 29.1 Å². The van der Waals surface area contributed by atoms with Crippen LogP contribution in [0.5, 0.6) is 0 Å². The monoisotopic (exact) mass is 347 g/mol. The van der Waals surface area contributed by atoms with E-state index in [1.54, 1.807) is 5.57 Å². The summed E-state index contributed by atoms with van der Waals surface area (Å²) < 4.78 is 0. The minimum Gasteiger partial charge on any atom is -0.328 e. The average molecular weight is 348 g/mol. The first-order chi connectivity index (χ1) is 12.6. The molecular weight excluding hydrogens is 318 g/mol. The highest BCUT2D eigenvalue weighted by Gasteiger charge is 2.52. The normalized spacial score (nSPS) is 33.5. The summed E-state index contributed by atoms with van der Waals surface area (Å²) in [6.45, 7) is 6.61. The number of amides is 1. The highest BCUT2D eigenvalue weighted by Crippen LogP contribution is 2.62. The van der Waals surface area contributed by atoms with E-state index in [-0.39, 0.29) is 0 Å². The maximum Gasteiger partial charge on any atom is 0.211 e. The zero-order chi connectivity index (χ0) is 18.3. The Bertz CT molecular complexity index is 825. The molecule has 2 fully saturated rings. The molecule has 2 saturated carbocycles. The van der Waals surface area contributed by atoms with Gasteiger partial charge in [-0.3, -0.25) is 4.79 Å². The fourth-order valence-corrected chi connectivity index (χ4v) is 6.36. The zero-order valence-electron chi connectivity index (χ0n) is 16.2. The van der Waals surface area contributed by atoms with Gasteiger partial charge in [-0.25, -0.2) is 0 Å². The Hall–Kier alpha value is -2.01. The molecular formula is C24H29NO. The van der Waals surface area contributed by atoms with Crippen LogP contribution < -0.4 is 5.32 Å². The molecule has 0 spiro atoms. The minimum atomic E-state index is 0.429. The lowest BCUT2D eigenvalue weighted by molar-refractivity contribution is -0.105. The molecule has 1 amide bonds. The maximum atomic E-state index is 11.0. The van der Waals surface area contributed by atoms with Crippen LogP contribution in [-0.2, 0) is 11.2 Å². The predicted octanol–water partition coefficient (Wildman–Crippen LogP) is 5.43. The van der Waals surface area contributed by atoms with E-state index in [4.69, 9.17) is 0 Å². The number of benzene rings is 1. The van der Waals surface area contributed by atoms with Crippen molar-refractivity contribution in [2.75, 3.05) is 5.32 Å². The van der Waals surface area contributed by atoms with Crippen molar-refractivity contribution < 1.29 is 4.79 Å². The first-order valence-electron chi connectivity index (χ1n) is 10.1. The number of carbonyl (C=O) groups excluding carboxylic acids is 1. The summed E-state index contributed by atoms with van der Waals surface area (Å²) in [5.74, 6) is 8.49. The number of nitrogens with one attached hydrogen (secondary N) is 1. The highest BCUT2D eigenvalue weighted by atomic mass is 16.1. The number of allylic oxidation sites excluding steroid dienone is 2. The second kappa shape index (κ2) is 6.62. The first-order valence-corrected chi connectivity index (χ1v) is 10.1. The van der Waals surface area contributed by atoms with Gasteiger partial charge in [-0.1, -0.05) is 24.5 Å². The van der Waals surface area contributed by atoms with Crippen LogP contribution in [0.3, 0.4) is 0 Å². The summed E-state index contributed by atoms with van der Waals surface area (Å²) in [5, 5.41) is 2.85. The standard InChI is InChI=1S/C24H29NO/c1-4-6-17-13-21-16(14-23(17)25-15-26)7-9-20-19(21)11-12-24(3)18(5-2)8-10-22(20)24/h5,13-15,19-20,22H,7-12H2,1-3H3,(H,25,26)/b18-5+/t19?,20?,22?,24-/m1/s1. The van der Waals surface area contributed by atoms with Crippen molar-refractivity contribution in [3.8, 4) is 11.8 Å². The first kappa shape index (κ1) is 17.4. The average Bonchev–Trinajstić information content (AvgIpc) is 2.99. The summed E-state index contributed by atoms with van der Waals surface area (Å²) >= 11 is 0. The van der Waals surface area contributed by atoms with Gasteiger partial charge in [0, 0.05) is 5.56 Å². The summed E-state index contributed by atoms with van der Waals surface area (Å²) in [4.78, 5) is 11.0. The van der Waals surface area contributed by atoms with E-state index in [9.17, 15) is 4.79 Å². The lowest BCUT2D eigenvalue weighted by Gasteiger charge is -2.49. The summed E-state index contributed by atoms with van der Waals surface area (Å²) in [6, 6.07) is 4.46. The Morgan fingerprint density at radius 2 is 2.08 bits per heavy atom. The van der Waals surface area contributed by atoms with Gasteiger partial charge in [0.25, 0.3) is 0 Å². The van der Waals surface area contributed by atoms with Gasteiger partial charge in [0.15, 0.2) is 0 Å². The van der Waals surface area contributed by atoms with Crippen LogP contribution in [0.2, 0.25) is 0 Å². The number of carbonyl (C=O) groups is 1. The Morgan fingerprint density at radius 1 is 1.23 bits per heavy atom. The van der Waals surface area contributed by atoms with Gasteiger partial charge in [0.1, 0.15) is 0 Å². The molecule has 0 bridgehead atoms. The molecule has 0 saturated heterocycles. The van der Waals surface area contributed by atoms with Crippen molar-refractivity contribution in [3.63, 3.8) is 0 Å². The third kappa shape index (κ3) is 2.52. The number of rotatable bonds is 2. The Kier molecular flexibility index (Phi) is 4.43. The molecule has 1 N–H and O–H groups in total. The molecule has 1 aromatic rings. The third-order valence-electron chi connectivity index (χ3n) is 7.53. The van der Waals surface area contributed by atoms with E-state index in [0.29, 0.717) is 11.3 Å². The molecule has 3 aliphatic carbocycles. The molecule has 2 nitrogen and oxygen atoms in total. The Morgan fingerprint density at radius 3 is 2.81 bits per heavy atom. The van der Waals surface area contributed by atoms with Gasteiger partial charge in [-0.2, -0.15) is 0 Å². The van der Waals surface area contributed by atoms with E-state index in [2.05, 4.69) is 49.2 Å². The van der Waals surface area contributed by atoms with Gasteiger partial charge < -0.3 is 5.32 Å². The van der Waals surface area contributed by atoms with E-state index >= 15 is 0 Å². The fourth-order valence-electron chi connectivity index (χ4n) is 6.36. The SMILES string of the molecule is CC#Cc1cc2c(cc1NC=O)CCC1C2CC[C@]2(C)/C(=C/C)CCC12. The van der Waals surface area contributed by atoms with Crippen LogP contribution in [0.4, 0.5) is 5.69 Å². The Labute approximate surface area is 157 Å². The molecule has 26 heavy (non-hydrogen) atoms. The number of hydrogen-bond acceptors (Lipinski definition) is 1. The molecule has 136 valence electrons. The lowest BCUT2D eigenvalue weighted by Crippen LogP contribution is -2.40. The van der Waals surface area contributed by atoms with Crippen molar-refractivity contribution in [1.82, 2.24) is 0 Å². The quantitative estimate of drug-likeness (QED) is 0.431. The van der Waals surface area contributed by atoms with Gasteiger partial charge >= 0.3 is 0 Å². The molecule has 1 aromatic carbocycles. The molecule has 0 radical (unpaired) electrons. The van der Waals surface area contributed by atoms with Crippen LogP contribution in [0, 0.1) is 29.1 Å². The summed E-state index contributed by atoms with van der Waals surface area (Å²) in [6.07, 6.45) is 10.8. The number of aryl methyl sites for hydroxylation is 1. The molecule has 4 atom stereocenters. The zero-order valence-corrected chi connectivity index (χ0v) is 16.2. The largest absolute Gasteiger partial charge is 0.328 e. The molecule has 0 aliphatic heterocycles. The van der Waals surface area contributed by atoms with Crippen LogP contribution in [-0.4, -0.2) is 6.41 Å². The van der Waals surface area contributed by atoms with Gasteiger partial charge in [-0.05, 0) is 98.8 Å². The van der Waals surface area contributed by atoms with Crippen molar-refractivity contribution >= 4 is 12.1 Å². The van der Waals surface area contributed by atoms with Crippen molar-refractivity contribution in [3.05, 3.63) is 40.5 Å². The molecule has 2 heteroatoms. The number of anilines is 1. The predicted molar refractivity (Wildman–Crippen MR) is 107 cm³/mol. The number of hydrogen-bond donors (Lipinski definition) is 1. The van der Waals surface area contributed by atoms with Gasteiger partial charge in [0.05, 0.1) is 5.69 Å². The summed E-state index contributed by atoms with van der Waals surface area (Å²) in [7, 11) is 0. The van der Waals surface area contributed by atoms with Crippen molar-refractivity contribution in [2.45, 2.75) is 65.2 Å². The molecule has 0 aromatic heterocycles. The maximum absolute atomic E-state index is 11.0. The molecule has 3 aliphatic rings. The van der Waals surface area contributed by atoms with E-state index in [0.717, 1.165) is 35.9 Å². The van der Waals surface area contributed by atoms with Crippen LogP contribution in [0.15, 0.2) is 23.8 Å². The summed E-state index contributed by atoms with van der Waals surface area (Å²) in [5.41, 5.74) is 6.89. The van der Waals surface area contributed by atoms with Crippen LogP contribution >= 0.6 is 0 Å². The molecule has 4 rings (SSSR count). The van der Waals surface area contributed by atoms with E-state index < -0.39 is 0 Å². The molecule has 0 heterocycles.